The molecule has 2 aromatic rings. The molecule has 5 nitrogen and oxygen atoms in total. The number of ether oxygens (including phenoxy) is 1. The van der Waals surface area contributed by atoms with Gasteiger partial charge < -0.3 is 15.4 Å². The second-order valence-electron chi connectivity index (χ2n) is 5.82. The number of benzene rings is 1. The number of methoxy groups -OCH3 is 1. The Morgan fingerprint density at radius 3 is 2.65 bits per heavy atom. The van der Waals surface area contributed by atoms with Crippen molar-refractivity contribution in [1.82, 2.24) is 9.97 Å². The first kappa shape index (κ1) is 15.9. The van der Waals surface area contributed by atoms with Crippen molar-refractivity contribution < 1.29 is 4.74 Å². The Labute approximate surface area is 141 Å². The molecule has 0 aliphatic heterocycles. The second-order valence-corrected chi connectivity index (χ2v) is 6.23. The van der Waals surface area contributed by atoms with E-state index in [1.54, 1.807) is 7.11 Å². The maximum atomic E-state index is 6.16. The topological polar surface area (TPSA) is 59.1 Å². The van der Waals surface area contributed by atoms with Gasteiger partial charge in [-0.05, 0) is 38.0 Å². The van der Waals surface area contributed by atoms with E-state index in [2.05, 4.69) is 20.6 Å². The van der Waals surface area contributed by atoms with Crippen molar-refractivity contribution in [3.05, 3.63) is 35.0 Å². The normalized spacial score (nSPS) is 14.7. The van der Waals surface area contributed by atoms with Crippen molar-refractivity contribution in [1.29, 1.82) is 0 Å². The summed E-state index contributed by atoms with van der Waals surface area (Å²) in [5.41, 5.74) is 1.78. The molecule has 1 aromatic carbocycles. The molecule has 0 amide bonds. The molecular weight excluding hydrogens is 312 g/mol. The zero-order valence-corrected chi connectivity index (χ0v) is 14.2. The minimum Gasteiger partial charge on any atom is -0.495 e. The van der Waals surface area contributed by atoms with Crippen LogP contribution in [0.1, 0.15) is 31.4 Å². The van der Waals surface area contributed by atoms with Gasteiger partial charge >= 0.3 is 0 Å². The van der Waals surface area contributed by atoms with Crippen LogP contribution >= 0.6 is 11.6 Å². The van der Waals surface area contributed by atoms with Gasteiger partial charge in [-0.2, -0.15) is 4.98 Å². The van der Waals surface area contributed by atoms with Gasteiger partial charge in [-0.1, -0.05) is 24.4 Å². The maximum Gasteiger partial charge on any atom is 0.225 e. The molecular formula is C17H21ClN4O. The molecule has 0 saturated heterocycles. The van der Waals surface area contributed by atoms with Crippen LogP contribution in [0.2, 0.25) is 5.02 Å². The Hall–Kier alpha value is -2.01. The van der Waals surface area contributed by atoms with Gasteiger partial charge in [0.25, 0.3) is 0 Å². The van der Waals surface area contributed by atoms with Gasteiger partial charge in [-0.3, -0.25) is 0 Å². The van der Waals surface area contributed by atoms with Crippen molar-refractivity contribution in [3.63, 3.8) is 0 Å². The lowest BCUT2D eigenvalue weighted by Crippen LogP contribution is -2.17. The number of nitrogens with one attached hydrogen (secondary N) is 2. The standard InChI is InChI=1S/C17H21ClN4O/c1-11-9-16(20-13-7-8-15(23-2)14(18)10-13)22-17(19-11)21-12-5-3-4-6-12/h7-10,12H,3-6H2,1-2H3,(H2,19,20,21,22). The van der Waals surface area contributed by atoms with E-state index in [1.165, 1.54) is 25.7 Å². The van der Waals surface area contributed by atoms with Gasteiger partial charge in [0, 0.05) is 23.5 Å². The van der Waals surface area contributed by atoms with E-state index >= 15 is 0 Å². The molecule has 0 unspecified atom stereocenters. The van der Waals surface area contributed by atoms with E-state index in [9.17, 15) is 0 Å². The number of halogens is 1. The third-order valence-corrected chi connectivity index (χ3v) is 4.26. The zero-order valence-electron chi connectivity index (χ0n) is 13.4. The van der Waals surface area contributed by atoms with Crippen LogP contribution in [0.5, 0.6) is 5.75 Å². The first-order valence-corrected chi connectivity index (χ1v) is 8.24. The molecule has 1 fully saturated rings. The monoisotopic (exact) mass is 332 g/mol. The third kappa shape index (κ3) is 4.05. The number of nitrogens with zero attached hydrogens (tertiary/aromatic N) is 2. The van der Waals surface area contributed by atoms with Crippen molar-refractivity contribution in [2.24, 2.45) is 0 Å². The lowest BCUT2D eigenvalue weighted by atomic mass is 10.2. The summed E-state index contributed by atoms with van der Waals surface area (Å²) in [6, 6.07) is 7.96. The number of anilines is 3. The molecule has 1 saturated carbocycles. The summed E-state index contributed by atoms with van der Waals surface area (Å²) in [6.07, 6.45) is 4.93. The van der Waals surface area contributed by atoms with Crippen LogP contribution in [0.3, 0.4) is 0 Å². The van der Waals surface area contributed by atoms with Crippen LogP contribution < -0.4 is 15.4 Å². The molecule has 6 heteroatoms. The van der Waals surface area contributed by atoms with Crippen molar-refractivity contribution in [3.8, 4) is 5.75 Å². The van der Waals surface area contributed by atoms with E-state index in [1.807, 2.05) is 31.2 Å². The molecule has 1 heterocycles. The molecule has 0 spiro atoms. The van der Waals surface area contributed by atoms with Crippen molar-refractivity contribution in [2.45, 2.75) is 38.6 Å². The fraction of sp³-hybridized carbons (Fsp3) is 0.412. The van der Waals surface area contributed by atoms with Gasteiger partial charge in [0.05, 0.1) is 12.1 Å². The average molecular weight is 333 g/mol. The van der Waals surface area contributed by atoms with E-state index in [4.69, 9.17) is 16.3 Å². The maximum absolute atomic E-state index is 6.16. The SMILES string of the molecule is COc1ccc(Nc2cc(C)nc(NC3CCCC3)n2)cc1Cl. The molecule has 1 aromatic heterocycles. The Morgan fingerprint density at radius 1 is 1.17 bits per heavy atom. The lowest BCUT2D eigenvalue weighted by Gasteiger charge is -2.14. The van der Waals surface area contributed by atoms with Gasteiger partial charge in [-0.25, -0.2) is 4.98 Å². The van der Waals surface area contributed by atoms with E-state index in [0.29, 0.717) is 22.8 Å². The highest BCUT2D eigenvalue weighted by Crippen LogP contribution is 2.29. The summed E-state index contributed by atoms with van der Waals surface area (Å²) < 4.78 is 5.17. The molecule has 122 valence electrons. The summed E-state index contributed by atoms with van der Waals surface area (Å²) in [5.74, 6) is 2.08. The van der Waals surface area contributed by atoms with Crippen molar-refractivity contribution in [2.75, 3.05) is 17.7 Å². The van der Waals surface area contributed by atoms with Gasteiger partial charge in [-0.15, -0.1) is 0 Å². The van der Waals surface area contributed by atoms with Crippen LogP contribution in [0.25, 0.3) is 0 Å². The number of aryl methyl sites for hydroxylation is 1. The largest absolute Gasteiger partial charge is 0.495 e. The summed E-state index contributed by atoms with van der Waals surface area (Å²) in [7, 11) is 1.60. The van der Waals surface area contributed by atoms with Crippen LogP contribution in [-0.4, -0.2) is 23.1 Å². The van der Waals surface area contributed by atoms with Crippen LogP contribution in [0.4, 0.5) is 17.5 Å². The minimum absolute atomic E-state index is 0.486. The van der Waals surface area contributed by atoms with Gasteiger partial charge in [0.1, 0.15) is 11.6 Å². The highest BCUT2D eigenvalue weighted by atomic mass is 35.5. The number of hydrogen-bond acceptors (Lipinski definition) is 5. The first-order valence-electron chi connectivity index (χ1n) is 7.87. The number of hydrogen-bond donors (Lipinski definition) is 2. The fourth-order valence-corrected chi connectivity index (χ4v) is 3.10. The zero-order chi connectivity index (χ0) is 16.2. The highest BCUT2D eigenvalue weighted by Gasteiger charge is 2.16. The van der Waals surface area contributed by atoms with E-state index < -0.39 is 0 Å². The smallest absolute Gasteiger partial charge is 0.225 e. The Kier molecular flexibility index (Phi) is 4.86. The Morgan fingerprint density at radius 2 is 1.96 bits per heavy atom. The summed E-state index contributed by atoms with van der Waals surface area (Å²) in [5, 5.41) is 7.26. The van der Waals surface area contributed by atoms with Gasteiger partial charge in [0.2, 0.25) is 5.95 Å². The lowest BCUT2D eigenvalue weighted by molar-refractivity contribution is 0.415. The van der Waals surface area contributed by atoms with Crippen LogP contribution in [0, 0.1) is 6.92 Å². The number of aromatic nitrogens is 2. The van der Waals surface area contributed by atoms with E-state index in [0.717, 1.165) is 17.2 Å². The first-order chi connectivity index (χ1) is 11.1. The average Bonchev–Trinajstić information content (AvgIpc) is 2.99. The molecule has 0 bridgehead atoms. The molecule has 1 aliphatic carbocycles. The molecule has 23 heavy (non-hydrogen) atoms. The molecule has 0 atom stereocenters. The molecule has 2 N–H and O–H groups in total. The third-order valence-electron chi connectivity index (χ3n) is 3.97. The Balaban J connectivity index is 1.76. The summed E-state index contributed by atoms with van der Waals surface area (Å²) in [4.78, 5) is 9.03. The van der Waals surface area contributed by atoms with Crippen LogP contribution in [-0.2, 0) is 0 Å². The number of rotatable bonds is 5. The fourth-order valence-electron chi connectivity index (χ4n) is 2.84. The van der Waals surface area contributed by atoms with Crippen LogP contribution in [0.15, 0.2) is 24.3 Å². The predicted molar refractivity (Wildman–Crippen MR) is 93.9 cm³/mol. The minimum atomic E-state index is 0.486. The van der Waals surface area contributed by atoms with Crippen molar-refractivity contribution >= 4 is 29.1 Å². The predicted octanol–water partition coefficient (Wildman–Crippen LogP) is 4.55. The summed E-state index contributed by atoms with van der Waals surface area (Å²) >= 11 is 6.16. The molecule has 0 radical (unpaired) electrons. The van der Waals surface area contributed by atoms with Gasteiger partial charge in [0.15, 0.2) is 0 Å². The van der Waals surface area contributed by atoms with E-state index in [-0.39, 0.29) is 0 Å². The highest BCUT2D eigenvalue weighted by molar-refractivity contribution is 6.32. The Bertz CT molecular complexity index is 686. The molecule has 3 rings (SSSR count). The second kappa shape index (κ2) is 7.04. The quantitative estimate of drug-likeness (QED) is 0.841. The molecule has 1 aliphatic rings. The summed E-state index contributed by atoms with van der Waals surface area (Å²) in [6.45, 7) is 1.97.